The lowest BCUT2D eigenvalue weighted by atomic mass is 9.77. The molecular weight excluding hydrogens is 412 g/mol. The molecule has 8 heteroatoms. The van der Waals surface area contributed by atoms with E-state index in [4.69, 9.17) is 14.0 Å². The van der Waals surface area contributed by atoms with Crippen LogP contribution in [0.2, 0.25) is 0 Å². The highest BCUT2D eigenvalue weighted by atomic mass is 19.1. The number of aldehydes is 1. The van der Waals surface area contributed by atoms with E-state index in [9.17, 15) is 14.0 Å². The fraction of sp³-hybridized carbons (Fsp3) is 0.333. The first-order valence-corrected chi connectivity index (χ1v) is 10.4. The first-order chi connectivity index (χ1) is 15.1. The van der Waals surface area contributed by atoms with Gasteiger partial charge in [0.15, 0.2) is 6.29 Å². The van der Waals surface area contributed by atoms with E-state index in [2.05, 4.69) is 5.32 Å². The fourth-order valence-corrected chi connectivity index (χ4v) is 3.10. The molecule has 1 heterocycles. The van der Waals surface area contributed by atoms with Gasteiger partial charge in [0.25, 0.3) is 0 Å². The molecule has 6 nitrogen and oxygen atoms in total. The third kappa shape index (κ3) is 5.63. The minimum Gasteiger partial charge on any atom is -0.445 e. The molecule has 1 aliphatic heterocycles. The molecule has 0 aliphatic carbocycles. The Labute approximate surface area is 187 Å². The Morgan fingerprint density at radius 2 is 1.75 bits per heavy atom. The third-order valence-electron chi connectivity index (χ3n) is 5.70. The van der Waals surface area contributed by atoms with Gasteiger partial charge in [-0.05, 0) is 56.4 Å². The van der Waals surface area contributed by atoms with Crippen molar-refractivity contribution in [2.24, 2.45) is 0 Å². The van der Waals surface area contributed by atoms with E-state index in [1.54, 1.807) is 12.1 Å². The second kappa shape index (κ2) is 9.67. The highest BCUT2D eigenvalue weighted by Gasteiger charge is 2.52. The molecule has 0 saturated carbocycles. The van der Waals surface area contributed by atoms with Crippen LogP contribution in [-0.4, -0.2) is 37.2 Å². The van der Waals surface area contributed by atoms with Crippen LogP contribution in [0, 0.1) is 5.82 Å². The molecule has 2 aromatic carbocycles. The Kier molecular flexibility index (Phi) is 7.16. The van der Waals surface area contributed by atoms with Crippen molar-refractivity contribution in [1.29, 1.82) is 0 Å². The van der Waals surface area contributed by atoms with Crippen LogP contribution in [-0.2, 0) is 20.7 Å². The highest BCUT2D eigenvalue weighted by Crippen LogP contribution is 2.38. The van der Waals surface area contributed by atoms with Gasteiger partial charge in [0.05, 0.1) is 16.8 Å². The number of hydrogen-bond acceptors (Lipinski definition) is 5. The first kappa shape index (κ1) is 23.7. The van der Waals surface area contributed by atoms with E-state index in [1.807, 2.05) is 58.0 Å². The smallest absolute Gasteiger partial charge is 0.445 e. The Bertz CT molecular complexity index is 991. The van der Waals surface area contributed by atoms with Gasteiger partial charge in [-0.2, -0.15) is 0 Å². The SMILES string of the molecule is CC1(C)OB(C(=Cc2ccc(F)c(C=O)c2)CNC(=O)OCc2ccccc2)OC1(C)C. The van der Waals surface area contributed by atoms with Gasteiger partial charge >= 0.3 is 13.2 Å². The van der Waals surface area contributed by atoms with Gasteiger partial charge in [-0.15, -0.1) is 0 Å². The second-order valence-electron chi connectivity index (χ2n) is 8.62. The van der Waals surface area contributed by atoms with Crippen LogP contribution in [0.3, 0.4) is 0 Å². The summed E-state index contributed by atoms with van der Waals surface area (Å²) in [6, 6.07) is 13.5. The lowest BCUT2D eigenvalue weighted by molar-refractivity contribution is 0.00578. The average Bonchev–Trinajstić information content (AvgIpc) is 2.98. The summed E-state index contributed by atoms with van der Waals surface area (Å²) in [4.78, 5) is 23.4. The molecule has 3 rings (SSSR count). The van der Waals surface area contributed by atoms with E-state index < -0.39 is 30.2 Å². The average molecular weight is 439 g/mol. The van der Waals surface area contributed by atoms with Crippen LogP contribution >= 0.6 is 0 Å². The summed E-state index contributed by atoms with van der Waals surface area (Å²) in [5, 5.41) is 2.71. The molecule has 0 radical (unpaired) electrons. The van der Waals surface area contributed by atoms with E-state index in [-0.39, 0.29) is 18.7 Å². The van der Waals surface area contributed by atoms with E-state index in [0.717, 1.165) is 5.56 Å². The summed E-state index contributed by atoms with van der Waals surface area (Å²) in [6.45, 7) is 7.92. The summed E-state index contributed by atoms with van der Waals surface area (Å²) in [5.74, 6) is -0.600. The number of alkyl carbamates (subject to hydrolysis) is 1. The second-order valence-corrected chi connectivity index (χ2v) is 8.62. The summed E-state index contributed by atoms with van der Waals surface area (Å²) < 4.78 is 31.2. The molecule has 0 unspecified atom stereocenters. The van der Waals surface area contributed by atoms with E-state index in [1.165, 1.54) is 12.1 Å². The van der Waals surface area contributed by atoms with Gasteiger partial charge in [-0.3, -0.25) is 4.79 Å². The van der Waals surface area contributed by atoms with Crippen LogP contribution < -0.4 is 5.32 Å². The molecule has 0 aromatic heterocycles. The van der Waals surface area contributed by atoms with E-state index in [0.29, 0.717) is 17.3 Å². The Morgan fingerprint density at radius 3 is 2.38 bits per heavy atom. The van der Waals surface area contributed by atoms with Crippen LogP contribution in [0.1, 0.15) is 49.2 Å². The van der Waals surface area contributed by atoms with Crippen LogP contribution in [0.5, 0.6) is 0 Å². The molecular formula is C24H27BFNO5. The third-order valence-corrected chi connectivity index (χ3v) is 5.70. The van der Waals surface area contributed by atoms with Crippen molar-refractivity contribution in [1.82, 2.24) is 5.32 Å². The minimum absolute atomic E-state index is 0.0535. The van der Waals surface area contributed by atoms with Gasteiger partial charge in [-0.25, -0.2) is 9.18 Å². The summed E-state index contributed by atoms with van der Waals surface area (Å²) in [5.41, 5.74) is 0.837. The number of ether oxygens (including phenoxy) is 1. The zero-order chi connectivity index (χ0) is 23.4. The summed E-state index contributed by atoms with van der Waals surface area (Å²) in [7, 11) is -0.737. The molecule has 1 N–H and O–H groups in total. The predicted molar refractivity (Wildman–Crippen MR) is 120 cm³/mol. The molecule has 1 fully saturated rings. The van der Waals surface area contributed by atoms with Crippen LogP contribution in [0.15, 0.2) is 54.0 Å². The lowest BCUT2D eigenvalue weighted by Gasteiger charge is -2.32. The topological polar surface area (TPSA) is 73.9 Å². The molecule has 2 aromatic rings. The molecule has 1 saturated heterocycles. The molecule has 0 spiro atoms. The monoisotopic (exact) mass is 439 g/mol. The molecule has 0 atom stereocenters. The van der Waals surface area contributed by atoms with Crippen molar-refractivity contribution >= 4 is 25.6 Å². The quantitative estimate of drug-likeness (QED) is 0.505. The maximum atomic E-state index is 13.7. The van der Waals surface area contributed by atoms with Crippen molar-refractivity contribution in [3.63, 3.8) is 0 Å². The number of hydrogen-bond donors (Lipinski definition) is 1. The predicted octanol–water partition coefficient (Wildman–Crippen LogP) is 4.58. The molecule has 0 bridgehead atoms. The van der Waals surface area contributed by atoms with Gasteiger partial charge in [0.1, 0.15) is 12.4 Å². The number of carbonyl (C=O) groups is 2. The molecule has 1 amide bonds. The zero-order valence-corrected chi connectivity index (χ0v) is 18.7. The highest BCUT2D eigenvalue weighted by molar-refractivity contribution is 6.56. The van der Waals surface area contributed by atoms with Crippen molar-refractivity contribution in [3.05, 3.63) is 76.5 Å². The van der Waals surface area contributed by atoms with Gasteiger partial charge in [0, 0.05) is 6.54 Å². The number of carbonyl (C=O) groups excluding carboxylic acids is 2. The minimum atomic E-state index is -0.737. The number of nitrogens with one attached hydrogen (secondary N) is 1. The zero-order valence-electron chi connectivity index (χ0n) is 18.7. The standard InChI is InChI=1S/C24H27BFNO5/c1-23(2)24(3,4)32-25(31-23)20(13-18-10-11-21(26)19(12-18)15-28)14-27-22(29)30-16-17-8-6-5-7-9-17/h5-13,15H,14,16H2,1-4H3,(H,27,29). The largest absolute Gasteiger partial charge is 0.492 e. The van der Waals surface area contributed by atoms with Gasteiger partial charge in [-0.1, -0.05) is 42.5 Å². The van der Waals surface area contributed by atoms with Crippen LogP contribution in [0.25, 0.3) is 6.08 Å². The maximum Gasteiger partial charge on any atom is 0.492 e. The first-order valence-electron chi connectivity index (χ1n) is 10.4. The Hall–Kier alpha value is -2.97. The fourth-order valence-electron chi connectivity index (χ4n) is 3.10. The molecule has 168 valence electrons. The van der Waals surface area contributed by atoms with Gasteiger partial charge < -0.3 is 19.4 Å². The van der Waals surface area contributed by atoms with Crippen molar-refractivity contribution in [3.8, 4) is 0 Å². The van der Waals surface area contributed by atoms with Crippen molar-refractivity contribution in [2.45, 2.75) is 45.5 Å². The normalized spacial score (nSPS) is 17.2. The summed E-state index contributed by atoms with van der Waals surface area (Å²) in [6.07, 6.45) is 1.58. The number of halogens is 1. The van der Waals surface area contributed by atoms with Crippen molar-refractivity contribution in [2.75, 3.05) is 6.54 Å². The maximum absolute atomic E-state index is 13.7. The number of amides is 1. The van der Waals surface area contributed by atoms with E-state index >= 15 is 0 Å². The lowest BCUT2D eigenvalue weighted by Crippen LogP contribution is -2.41. The Balaban J connectivity index is 1.76. The van der Waals surface area contributed by atoms with Crippen LogP contribution in [0.4, 0.5) is 9.18 Å². The summed E-state index contributed by atoms with van der Waals surface area (Å²) >= 11 is 0. The Morgan fingerprint density at radius 1 is 1.09 bits per heavy atom. The van der Waals surface area contributed by atoms with Crippen molar-refractivity contribution < 1.29 is 28.0 Å². The molecule has 32 heavy (non-hydrogen) atoms. The van der Waals surface area contributed by atoms with Gasteiger partial charge in [0.2, 0.25) is 0 Å². The number of rotatable bonds is 7. The number of benzene rings is 2. The molecule has 1 aliphatic rings.